The molecular formula is C11H9ClF2N4. The topological polar surface area (TPSA) is 41.9 Å². The van der Waals surface area contributed by atoms with E-state index in [1.54, 1.807) is 19.0 Å². The van der Waals surface area contributed by atoms with Crippen LogP contribution in [0.4, 0.5) is 14.7 Å². The Kier molecular flexibility index (Phi) is 3.38. The van der Waals surface area contributed by atoms with Crippen molar-refractivity contribution < 1.29 is 8.78 Å². The summed E-state index contributed by atoms with van der Waals surface area (Å²) in [7, 11) is 3.41. The first-order valence-electron chi connectivity index (χ1n) is 5.02. The Balaban J connectivity index is 2.60. The zero-order valence-corrected chi connectivity index (χ0v) is 10.4. The van der Waals surface area contributed by atoms with E-state index in [2.05, 4.69) is 15.0 Å². The van der Waals surface area contributed by atoms with Crippen molar-refractivity contribution in [2.75, 3.05) is 19.0 Å². The Labute approximate surface area is 107 Å². The monoisotopic (exact) mass is 270 g/mol. The van der Waals surface area contributed by atoms with E-state index in [9.17, 15) is 8.78 Å². The highest BCUT2D eigenvalue weighted by Crippen LogP contribution is 2.23. The minimum atomic E-state index is -1.01. The molecule has 2 rings (SSSR count). The lowest BCUT2D eigenvalue weighted by Gasteiger charge is -2.11. The summed E-state index contributed by atoms with van der Waals surface area (Å²) >= 11 is 5.73. The molecular weight excluding hydrogens is 262 g/mol. The van der Waals surface area contributed by atoms with Crippen LogP contribution in [0.2, 0.25) is 5.28 Å². The van der Waals surface area contributed by atoms with Gasteiger partial charge in [-0.3, -0.25) is 0 Å². The summed E-state index contributed by atoms with van der Waals surface area (Å²) in [6, 6.07) is 3.78. The fourth-order valence-corrected chi connectivity index (χ4v) is 1.49. The molecule has 1 aromatic heterocycles. The van der Waals surface area contributed by atoms with Gasteiger partial charge in [0, 0.05) is 14.1 Å². The highest BCUT2D eigenvalue weighted by atomic mass is 35.5. The largest absolute Gasteiger partial charge is 0.347 e. The smallest absolute Gasteiger partial charge is 0.229 e. The first kappa shape index (κ1) is 12.6. The molecule has 1 heterocycles. The molecule has 7 heteroatoms. The first-order valence-corrected chi connectivity index (χ1v) is 5.40. The maximum absolute atomic E-state index is 13.6. The second kappa shape index (κ2) is 4.81. The van der Waals surface area contributed by atoms with E-state index in [0.29, 0.717) is 0 Å². The summed E-state index contributed by atoms with van der Waals surface area (Å²) in [5.74, 6) is -1.70. The SMILES string of the molecule is CN(C)c1nc(Cl)nc(-c2cccc(F)c2F)n1. The lowest BCUT2D eigenvalue weighted by Crippen LogP contribution is -2.14. The van der Waals surface area contributed by atoms with Gasteiger partial charge in [0.25, 0.3) is 0 Å². The second-order valence-electron chi connectivity index (χ2n) is 3.72. The number of anilines is 1. The van der Waals surface area contributed by atoms with E-state index in [4.69, 9.17) is 11.6 Å². The molecule has 0 saturated carbocycles. The zero-order chi connectivity index (χ0) is 13.3. The van der Waals surface area contributed by atoms with Gasteiger partial charge in [-0.1, -0.05) is 6.07 Å². The molecule has 0 unspecified atom stereocenters. The third-order valence-electron chi connectivity index (χ3n) is 2.19. The van der Waals surface area contributed by atoms with Crippen molar-refractivity contribution in [3.05, 3.63) is 35.1 Å². The number of aromatic nitrogens is 3. The molecule has 0 aliphatic rings. The summed E-state index contributed by atoms with van der Waals surface area (Å²) in [5.41, 5.74) is -0.0533. The quantitative estimate of drug-likeness (QED) is 0.841. The van der Waals surface area contributed by atoms with Crippen LogP contribution in [0.15, 0.2) is 18.2 Å². The van der Waals surface area contributed by atoms with E-state index < -0.39 is 11.6 Å². The van der Waals surface area contributed by atoms with E-state index in [-0.39, 0.29) is 22.6 Å². The number of hydrogen-bond acceptors (Lipinski definition) is 4. The zero-order valence-electron chi connectivity index (χ0n) is 9.65. The molecule has 1 aromatic carbocycles. The summed E-state index contributed by atoms with van der Waals surface area (Å²) in [5, 5.41) is -0.0765. The minimum Gasteiger partial charge on any atom is -0.347 e. The van der Waals surface area contributed by atoms with Gasteiger partial charge in [0.15, 0.2) is 17.5 Å². The maximum Gasteiger partial charge on any atom is 0.229 e. The number of nitrogens with zero attached hydrogens (tertiary/aromatic N) is 4. The predicted molar refractivity (Wildman–Crippen MR) is 64.5 cm³/mol. The number of benzene rings is 1. The van der Waals surface area contributed by atoms with E-state index in [1.807, 2.05) is 0 Å². The molecule has 0 amide bonds. The van der Waals surface area contributed by atoms with Crippen LogP contribution in [-0.2, 0) is 0 Å². The third kappa shape index (κ3) is 2.38. The van der Waals surface area contributed by atoms with Crippen LogP contribution in [0.3, 0.4) is 0 Å². The lowest BCUT2D eigenvalue weighted by atomic mass is 10.2. The summed E-state index contributed by atoms with van der Waals surface area (Å²) in [6.45, 7) is 0. The van der Waals surface area contributed by atoms with Crippen molar-refractivity contribution in [2.24, 2.45) is 0 Å². The van der Waals surface area contributed by atoms with Gasteiger partial charge in [0.05, 0.1) is 5.56 Å². The van der Waals surface area contributed by atoms with Crippen molar-refractivity contribution in [1.82, 2.24) is 15.0 Å². The first-order chi connectivity index (χ1) is 8.49. The molecule has 18 heavy (non-hydrogen) atoms. The van der Waals surface area contributed by atoms with Gasteiger partial charge in [-0.2, -0.15) is 15.0 Å². The molecule has 0 aliphatic carbocycles. The van der Waals surface area contributed by atoms with Crippen LogP contribution in [0.5, 0.6) is 0 Å². The van der Waals surface area contributed by atoms with Gasteiger partial charge in [-0.15, -0.1) is 0 Å². The van der Waals surface area contributed by atoms with Crippen molar-refractivity contribution in [2.45, 2.75) is 0 Å². The highest BCUT2D eigenvalue weighted by Gasteiger charge is 2.15. The second-order valence-corrected chi connectivity index (χ2v) is 4.06. The molecule has 0 bridgehead atoms. The number of halogens is 3. The average molecular weight is 271 g/mol. The third-order valence-corrected chi connectivity index (χ3v) is 2.36. The highest BCUT2D eigenvalue weighted by molar-refractivity contribution is 6.28. The van der Waals surface area contributed by atoms with Gasteiger partial charge in [-0.05, 0) is 23.7 Å². The predicted octanol–water partition coefficient (Wildman–Crippen LogP) is 2.54. The summed E-state index contributed by atoms with van der Waals surface area (Å²) < 4.78 is 26.8. The molecule has 2 aromatic rings. The molecule has 0 atom stereocenters. The Hall–Kier alpha value is -1.82. The molecule has 0 spiro atoms. The van der Waals surface area contributed by atoms with Crippen LogP contribution in [0.25, 0.3) is 11.4 Å². The Morgan fingerprint density at radius 3 is 2.50 bits per heavy atom. The van der Waals surface area contributed by atoms with Crippen LogP contribution in [-0.4, -0.2) is 29.0 Å². The van der Waals surface area contributed by atoms with Crippen molar-refractivity contribution in [1.29, 1.82) is 0 Å². The van der Waals surface area contributed by atoms with Crippen LogP contribution in [0.1, 0.15) is 0 Å². The molecule has 0 radical (unpaired) electrons. The lowest BCUT2D eigenvalue weighted by molar-refractivity contribution is 0.510. The van der Waals surface area contributed by atoms with Crippen molar-refractivity contribution in [3.8, 4) is 11.4 Å². The summed E-state index contributed by atoms with van der Waals surface area (Å²) in [4.78, 5) is 13.3. The van der Waals surface area contributed by atoms with E-state index >= 15 is 0 Å². The van der Waals surface area contributed by atoms with Gasteiger partial charge < -0.3 is 4.90 Å². The normalized spacial score (nSPS) is 10.5. The van der Waals surface area contributed by atoms with Crippen LogP contribution in [0, 0.1) is 11.6 Å². The molecule has 0 N–H and O–H groups in total. The van der Waals surface area contributed by atoms with Crippen molar-refractivity contribution >= 4 is 17.5 Å². The fraction of sp³-hybridized carbons (Fsp3) is 0.182. The Morgan fingerprint density at radius 1 is 1.11 bits per heavy atom. The number of rotatable bonds is 2. The minimum absolute atomic E-state index is 0.00398. The van der Waals surface area contributed by atoms with Crippen LogP contribution < -0.4 is 4.90 Å². The van der Waals surface area contributed by atoms with Gasteiger partial charge in [-0.25, -0.2) is 8.78 Å². The van der Waals surface area contributed by atoms with Gasteiger partial charge in [0.2, 0.25) is 11.2 Å². The standard InChI is InChI=1S/C11H9ClF2N4/c1-18(2)11-16-9(15-10(12)17-11)6-4-3-5-7(13)8(6)14/h3-5H,1-2H3. The Morgan fingerprint density at radius 2 is 1.83 bits per heavy atom. The molecule has 94 valence electrons. The molecule has 0 fully saturated rings. The average Bonchev–Trinajstić information content (AvgIpc) is 2.31. The fourth-order valence-electron chi connectivity index (χ4n) is 1.34. The molecule has 4 nitrogen and oxygen atoms in total. The maximum atomic E-state index is 13.6. The van der Waals surface area contributed by atoms with Gasteiger partial charge >= 0.3 is 0 Å². The molecule has 0 aliphatic heterocycles. The Bertz CT molecular complexity index is 589. The van der Waals surface area contributed by atoms with Gasteiger partial charge in [0.1, 0.15) is 0 Å². The van der Waals surface area contributed by atoms with E-state index in [1.165, 1.54) is 12.1 Å². The molecule has 0 saturated heterocycles. The number of hydrogen-bond donors (Lipinski definition) is 0. The van der Waals surface area contributed by atoms with Crippen LogP contribution >= 0.6 is 11.6 Å². The summed E-state index contributed by atoms with van der Waals surface area (Å²) in [6.07, 6.45) is 0. The van der Waals surface area contributed by atoms with E-state index in [0.717, 1.165) is 6.07 Å². The van der Waals surface area contributed by atoms with Crippen molar-refractivity contribution in [3.63, 3.8) is 0 Å².